The molecule has 0 bridgehead atoms. The Bertz CT molecular complexity index is 749. The number of nitrogens with one attached hydrogen (secondary N) is 2. The Kier molecular flexibility index (Phi) is 7.49. The summed E-state index contributed by atoms with van der Waals surface area (Å²) >= 11 is 0. The average Bonchev–Trinajstić information content (AvgIpc) is 2.62. The van der Waals surface area contributed by atoms with Gasteiger partial charge in [-0.3, -0.25) is 4.79 Å². The van der Waals surface area contributed by atoms with Gasteiger partial charge in [-0.2, -0.15) is 0 Å². The Morgan fingerprint density at radius 3 is 2.59 bits per heavy atom. The Morgan fingerprint density at radius 1 is 1.26 bits per heavy atom. The fourth-order valence-electron chi connectivity index (χ4n) is 3.26. The maximum absolute atomic E-state index is 12.6. The molecule has 27 heavy (non-hydrogen) atoms. The summed E-state index contributed by atoms with van der Waals surface area (Å²) in [6.07, 6.45) is 4.53. The van der Waals surface area contributed by atoms with Crippen LogP contribution >= 0.6 is 0 Å². The van der Waals surface area contributed by atoms with Crippen LogP contribution in [0.3, 0.4) is 0 Å². The van der Waals surface area contributed by atoms with Gasteiger partial charge < -0.3 is 15.4 Å². The molecule has 152 valence electrons. The minimum Gasteiger partial charge on any atom is -0.492 e. The molecule has 0 radical (unpaired) electrons. The molecule has 2 N–H and O–H groups in total. The van der Waals surface area contributed by atoms with Gasteiger partial charge in [0.25, 0.3) is 0 Å². The van der Waals surface area contributed by atoms with Gasteiger partial charge in [-0.05, 0) is 43.9 Å². The molecule has 0 spiro atoms. The quantitative estimate of drug-likeness (QED) is 0.703. The largest absolute Gasteiger partial charge is 0.492 e. The maximum atomic E-state index is 12.6. The van der Waals surface area contributed by atoms with E-state index < -0.39 is 10.0 Å². The van der Waals surface area contributed by atoms with Crippen LogP contribution < -0.4 is 15.4 Å². The summed E-state index contributed by atoms with van der Waals surface area (Å²) in [4.78, 5) is 12.3. The molecule has 2 rings (SSSR count). The molecule has 8 heteroatoms. The minimum atomic E-state index is -3.65. The van der Waals surface area contributed by atoms with Crippen molar-refractivity contribution >= 4 is 21.6 Å². The monoisotopic (exact) mass is 397 g/mol. The lowest BCUT2D eigenvalue weighted by molar-refractivity contribution is -0.120. The van der Waals surface area contributed by atoms with Crippen molar-refractivity contribution in [1.82, 2.24) is 9.62 Å². The minimum absolute atomic E-state index is 0.0837. The summed E-state index contributed by atoms with van der Waals surface area (Å²) < 4.78 is 31.7. The predicted octanol–water partition coefficient (Wildman–Crippen LogP) is 2.44. The first-order valence-electron chi connectivity index (χ1n) is 9.48. The summed E-state index contributed by atoms with van der Waals surface area (Å²) in [5.41, 5.74) is 0.561. The molecule has 1 aromatic carbocycles. The van der Waals surface area contributed by atoms with Crippen molar-refractivity contribution in [3.8, 4) is 5.75 Å². The van der Waals surface area contributed by atoms with Gasteiger partial charge in [0.2, 0.25) is 15.9 Å². The van der Waals surface area contributed by atoms with Crippen LogP contribution in [0.5, 0.6) is 5.75 Å². The van der Waals surface area contributed by atoms with E-state index in [0.29, 0.717) is 24.0 Å². The van der Waals surface area contributed by atoms with E-state index in [1.807, 2.05) is 0 Å². The highest BCUT2D eigenvalue weighted by atomic mass is 32.2. The van der Waals surface area contributed by atoms with Gasteiger partial charge in [-0.25, -0.2) is 12.7 Å². The van der Waals surface area contributed by atoms with Crippen molar-refractivity contribution in [3.05, 3.63) is 18.2 Å². The lowest BCUT2D eigenvalue weighted by Gasteiger charge is -2.29. The molecule has 0 saturated heterocycles. The molecule has 1 aromatic rings. The molecule has 0 aromatic heterocycles. The van der Waals surface area contributed by atoms with E-state index in [1.165, 1.54) is 26.6 Å². The van der Waals surface area contributed by atoms with Crippen LogP contribution in [0, 0.1) is 5.92 Å². The Labute approximate surface area is 162 Å². The van der Waals surface area contributed by atoms with Crippen LogP contribution in [0.25, 0.3) is 0 Å². The number of amides is 1. The van der Waals surface area contributed by atoms with Crippen molar-refractivity contribution in [2.24, 2.45) is 5.92 Å². The van der Waals surface area contributed by atoms with Crippen molar-refractivity contribution in [1.29, 1.82) is 0 Å². The molecule has 7 nitrogen and oxygen atoms in total. The smallest absolute Gasteiger partial charge is 0.246 e. The zero-order valence-corrected chi connectivity index (χ0v) is 17.4. The summed E-state index contributed by atoms with van der Waals surface area (Å²) in [6, 6.07) is 5.06. The van der Waals surface area contributed by atoms with Gasteiger partial charge in [-0.1, -0.05) is 19.8 Å². The van der Waals surface area contributed by atoms with Gasteiger partial charge in [-0.15, -0.1) is 0 Å². The second-order valence-corrected chi connectivity index (χ2v) is 9.29. The van der Waals surface area contributed by atoms with Crippen LogP contribution in [0.1, 0.15) is 39.5 Å². The number of anilines is 1. The average molecular weight is 398 g/mol. The van der Waals surface area contributed by atoms with Gasteiger partial charge in [0, 0.05) is 25.8 Å². The van der Waals surface area contributed by atoms with Gasteiger partial charge in [0.05, 0.1) is 13.2 Å². The highest BCUT2D eigenvalue weighted by Crippen LogP contribution is 2.29. The first kappa shape index (κ1) is 21.5. The lowest BCUT2D eigenvalue weighted by Crippen LogP contribution is -2.43. The first-order chi connectivity index (χ1) is 12.8. The zero-order valence-electron chi connectivity index (χ0n) is 16.6. The third kappa shape index (κ3) is 5.59. The predicted molar refractivity (Wildman–Crippen MR) is 107 cm³/mol. The third-order valence-corrected chi connectivity index (χ3v) is 6.75. The van der Waals surface area contributed by atoms with E-state index in [4.69, 9.17) is 4.74 Å². The van der Waals surface area contributed by atoms with Crippen LogP contribution in [0.15, 0.2) is 23.1 Å². The van der Waals surface area contributed by atoms with Gasteiger partial charge >= 0.3 is 0 Å². The second-order valence-electron chi connectivity index (χ2n) is 7.17. The summed E-state index contributed by atoms with van der Waals surface area (Å²) in [5, 5.41) is 6.10. The van der Waals surface area contributed by atoms with E-state index in [2.05, 4.69) is 17.6 Å². The third-order valence-electron chi connectivity index (χ3n) is 4.91. The Hall–Kier alpha value is -1.80. The number of hydrogen-bond donors (Lipinski definition) is 2. The highest BCUT2D eigenvalue weighted by Gasteiger charge is 2.24. The fraction of sp³-hybridized carbons (Fsp3) is 0.632. The van der Waals surface area contributed by atoms with Gasteiger partial charge in [0.15, 0.2) is 0 Å². The molecule has 1 saturated carbocycles. The van der Waals surface area contributed by atoms with E-state index in [9.17, 15) is 13.2 Å². The lowest BCUT2D eigenvalue weighted by atomic mass is 9.86. The topological polar surface area (TPSA) is 87.7 Å². The van der Waals surface area contributed by atoms with Crippen molar-refractivity contribution < 1.29 is 17.9 Å². The van der Waals surface area contributed by atoms with E-state index >= 15 is 0 Å². The van der Waals surface area contributed by atoms with E-state index in [0.717, 1.165) is 23.6 Å². The Morgan fingerprint density at radius 2 is 1.96 bits per heavy atom. The van der Waals surface area contributed by atoms with Gasteiger partial charge in [0.1, 0.15) is 10.6 Å². The number of rotatable bonds is 8. The number of carbonyl (C=O) groups is 1. The maximum Gasteiger partial charge on any atom is 0.246 e. The molecule has 2 atom stereocenters. The van der Waals surface area contributed by atoms with Crippen molar-refractivity contribution in [3.63, 3.8) is 0 Å². The van der Waals surface area contributed by atoms with Crippen LogP contribution in [0.2, 0.25) is 0 Å². The Balaban J connectivity index is 2.07. The number of hydrogen-bond acceptors (Lipinski definition) is 5. The second kappa shape index (κ2) is 9.41. The molecule has 1 aliphatic rings. The van der Waals surface area contributed by atoms with Crippen LogP contribution in [0.4, 0.5) is 5.69 Å². The van der Waals surface area contributed by atoms with E-state index in [-0.39, 0.29) is 23.4 Å². The van der Waals surface area contributed by atoms with Crippen LogP contribution in [-0.4, -0.2) is 51.9 Å². The number of sulfonamides is 1. The summed E-state index contributed by atoms with van der Waals surface area (Å²) in [6.45, 7) is 4.43. The normalized spacial score (nSPS) is 20.3. The van der Waals surface area contributed by atoms with E-state index in [1.54, 1.807) is 19.1 Å². The number of ether oxygens (including phenoxy) is 1. The number of benzene rings is 1. The molecule has 0 heterocycles. The number of nitrogens with zero attached hydrogens (tertiary/aromatic N) is 1. The van der Waals surface area contributed by atoms with Crippen molar-refractivity contribution in [2.45, 2.75) is 50.5 Å². The molecule has 0 unspecified atom stereocenters. The first-order valence-corrected chi connectivity index (χ1v) is 10.9. The zero-order chi connectivity index (χ0) is 20.0. The van der Waals surface area contributed by atoms with Crippen LogP contribution in [-0.2, 0) is 14.8 Å². The molecule has 1 aliphatic carbocycles. The standard InChI is InChI=1S/C19H31N3O4S/c1-5-26-17-11-10-15(12-18(17)27(24,25)22(3)4)20-13-19(23)21-16-9-7-6-8-14(16)2/h10-12,14,16,20H,5-9,13H2,1-4H3,(H,21,23)/t14-,16-/m0/s1. The molecule has 1 amide bonds. The molecular weight excluding hydrogens is 366 g/mol. The summed E-state index contributed by atoms with van der Waals surface area (Å²) in [7, 11) is -0.701. The highest BCUT2D eigenvalue weighted by molar-refractivity contribution is 7.89. The number of carbonyl (C=O) groups excluding carboxylic acids is 1. The molecule has 0 aliphatic heterocycles. The fourth-order valence-corrected chi connectivity index (χ4v) is 4.31. The molecule has 1 fully saturated rings. The SMILES string of the molecule is CCOc1ccc(NCC(=O)N[C@H]2CCCC[C@@H]2C)cc1S(=O)(=O)N(C)C. The van der Waals surface area contributed by atoms with Crippen molar-refractivity contribution in [2.75, 3.05) is 32.6 Å². The summed E-state index contributed by atoms with van der Waals surface area (Å²) in [5.74, 6) is 0.710. The molecular formula is C19H31N3O4S.